The minimum Gasteiger partial charge on any atom is -0.383 e. The topological polar surface area (TPSA) is 55.4 Å². The lowest BCUT2D eigenvalue weighted by Crippen LogP contribution is -2.16. The van der Waals surface area contributed by atoms with Crippen LogP contribution in [0.2, 0.25) is 0 Å². The fourth-order valence-corrected chi connectivity index (χ4v) is 1.69. The predicted octanol–water partition coefficient (Wildman–Crippen LogP) is 2.58. The van der Waals surface area contributed by atoms with Gasteiger partial charge in [-0.1, -0.05) is 60.2 Å². The van der Waals surface area contributed by atoms with Crippen molar-refractivity contribution in [2.45, 2.75) is 6.92 Å². The van der Waals surface area contributed by atoms with Gasteiger partial charge in [0, 0.05) is 11.1 Å². The van der Waals surface area contributed by atoms with E-state index in [2.05, 4.69) is 4.99 Å². The quantitative estimate of drug-likeness (QED) is 0.516. The second kappa shape index (κ2) is 5.96. The van der Waals surface area contributed by atoms with Crippen LogP contribution >= 0.6 is 0 Å². The summed E-state index contributed by atoms with van der Waals surface area (Å²) in [5, 5.41) is 0. The summed E-state index contributed by atoms with van der Waals surface area (Å²) < 4.78 is 0. The van der Waals surface area contributed by atoms with Gasteiger partial charge in [0.05, 0.1) is 0 Å². The fraction of sp³-hybridized carbons (Fsp3) is 0.125. The van der Waals surface area contributed by atoms with Gasteiger partial charge in [-0.05, 0) is 6.92 Å². The van der Waals surface area contributed by atoms with Gasteiger partial charge < -0.3 is 5.73 Å². The van der Waals surface area contributed by atoms with Crippen LogP contribution in [0.15, 0.2) is 59.6 Å². The molecule has 0 aliphatic carbocycles. The van der Waals surface area contributed by atoms with Gasteiger partial charge in [0.15, 0.2) is 5.78 Å². The smallest absolute Gasteiger partial charge is 0.184 e. The maximum atomic E-state index is 11.9. The molecule has 2 aromatic rings. The van der Waals surface area contributed by atoms with Gasteiger partial charge in [-0.25, -0.2) is 0 Å². The summed E-state index contributed by atoms with van der Waals surface area (Å²) in [6.45, 7) is 2.08. The third-order valence-corrected chi connectivity index (χ3v) is 2.84. The van der Waals surface area contributed by atoms with Crippen molar-refractivity contribution in [1.82, 2.24) is 0 Å². The number of nitrogens with two attached hydrogens (primary N) is 1. The van der Waals surface area contributed by atoms with Crippen molar-refractivity contribution in [3.05, 3.63) is 71.3 Å². The molecule has 0 aliphatic heterocycles. The first kappa shape index (κ1) is 13.0. The second-order valence-electron chi connectivity index (χ2n) is 4.36. The monoisotopic (exact) mass is 252 g/mol. The Kier molecular flexibility index (Phi) is 4.08. The lowest BCUT2D eigenvalue weighted by Gasteiger charge is -2.02. The summed E-state index contributed by atoms with van der Waals surface area (Å²) >= 11 is 0. The maximum Gasteiger partial charge on any atom is 0.184 e. The molecule has 0 saturated heterocycles. The summed E-state index contributed by atoms with van der Waals surface area (Å²) in [5.74, 6) is 0.361. The van der Waals surface area contributed by atoms with Crippen LogP contribution in [-0.2, 0) is 0 Å². The maximum absolute atomic E-state index is 11.9. The van der Waals surface area contributed by atoms with Crippen LogP contribution in [0.4, 0.5) is 0 Å². The van der Waals surface area contributed by atoms with Crippen LogP contribution in [0.25, 0.3) is 0 Å². The Labute approximate surface area is 112 Å². The lowest BCUT2D eigenvalue weighted by atomic mass is 10.1. The highest BCUT2D eigenvalue weighted by atomic mass is 16.1. The largest absolute Gasteiger partial charge is 0.383 e. The second-order valence-corrected chi connectivity index (χ2v) is 4.36. The summed E-state index contributed by atoms with van der Waals surface area (Å²) in [7, 11) is 0. The van der Waals surface area contributed by atoms with Crippen LogP contribution in [0.5, 0.6) is 0 Å². The van der Waals surface area contributed by atoms with E-state index in [1.54, 1.807) is 12.1 Å². The molecule has 2 rings (SSSR count). The Morgan fingerprint density at radius 3 is 2.26 bits per heavy atom. The Hall–Kier alpha value is -2.42. The zero-order valence-corrected chi connectivity index (χ0v) is 10.8. The van der Waals surface area contributed by atoms with Crippen molar-refractivity contribution in [2.24, 2.45) is 10.7 Å². The Balaban J connectivity index is 2.06. The molecule has 0 unspecified atom stereocenters. The Morgan fingerprint density at radius 2 is 1.63 bits per heavy atom. The molecule has 96 valence electrons. The van der Waals surface area contributed by atoms with Crippen molar-refractivity contribution in [1.29, 1.82) is 0 Å². The van der Waals surface area contributed by atoms with E-state index in [0.29, 0.717) is 11.4 Å². The van der Waals surface area contributed by atoms with Gasteiger partial charge in [0.1, 0.15) is 12.4 Å². The molecule has 0 fully saturated rings. The van der Waals surface area contributed by atoms with Crippen LogP contribution in [0.3, 0.4) is 0 Å². The molecule has 0 atom stereocenters. The van der Waals surface area contributed by atoms with E-state index in [1.165, 1.54) is 0 Å². The first-order chi connectivity index (χ1) is 9.16. The molecule has 3 heteroatoms. The van der Waals surface area contributed by atoms with Crippen molar-refractivity contribution >= 4 is 11.6 Å². The number of hydrogen-bond donors (Lipinski definition) is 1. The number of carbonyl (C=O) groups is 1. The number of amidine groups is 1. The molecule has 2 aromatic carbocycles. The minimum atomic E-state index is -0.0318. The van der Waals surface area contributed by atoms with Crippen LogP contribution < -0.4 is 5.73 Å². The van der Waals surface area contributed by atoms with Crippen molar-refractivity contribution in [3.63, 3.8) is 0 Å². The first-order valence-electron chi connectivity index (χ1n) is 6.12. The summed E-state index contributed by atoms with van der Waals surface area (Å²) in [5.41, 5.74) is 8.53. The molecular weight excluding hydrogens is 236 g/mol. The summed E-state index contributed by atoms with van der Waals surface area (Å²) in [6.07, 6.45) is 0. The first-order valence-corrected chi connectivity index (χ1v) is 6.12. The molecule has 0 spiro atoms. The molecule has 0 saturated carbocycles. The van der Waals surface area contributed by atoms with Gasteiger partial charge in [-0.15, -0.1) is 0 Å². The van der Waals surface area contributed by atoms with Crippen molar-refractivity contribution < 1.29 is 4.79 Å². The molecule has 0 aliphatic rings. The predicted molar refractivity (Wildman–Crippen MR) is 77.5 cm³/mol. The zero-order valence-electron chi connectivity index (χ0n) is 10.8. The van der Waals surface area contributed by atoms with E-state index in [9.17, 15) is 4.79 Å². The van der Waals surface area contributed by atoms with Crippen molar-refractivity contribution in [3.8, 4) is 0 Å². The number of rotatable bonds is 4. The van der Waals surface area contributed by atoms with E-state index in [1.807, 2.05) is 49.4 Å². The normalized spacial score (nSPS) is 11.3. The highest BCUT2D eigenvalue weighted by Gasteiger charge is 2.04. The molecule has 0 radical (unpaired) electrons. The summed E-state index contributed by atoms with van der Waals surface area (Å²) in [6, 6.07) is 16.8. The van der Waals surface area contributed by atoms with Gasteiger partial charge in [-0.3, -0.25) is 9.79 Å². The number of hydrogen-bond acceptors (Lipinski definition) is 2. The SMILES string of the molecule is Cc1ccc(C(N)=NCC(=O)c2ccccc2)cc1. The molecule has 0 heterocycles. The summed E-state index contributed by atoms with van der Waals surface area (Å²) in [4.78, 5) is 16.0. The molecule has 0 amide bonds. The van der Waals surface area contributed by atoms with Crippen LogP contribution in [0, 0.1) is 6.92 Å². The van der Waals surface area contributed by atoms with Gasteiger partial charge in [0.25, 0.3) is 0 Å². The average molecular weight is 252 g/mol. The molecule has 3 nitrogen and oxygen atoms in total. The van der Waals surface area contributed by atoms with Crippen LogP contribution in [-0.4, -0.2) is 18.2 Å². The van der Waals surface area contributed by atoms with E-state index in [-0.39, 0.29) is 12.3 Å². The molecule has 0 bridgehead atoms. The third kappa shape index (κ3) is 3.52. The lowest BCUT2D eigenvalue weighted by molar-refractivity contribution is 0.100. The number of Topliss-reactive ketones (excluding diaryl/α,β-unsaturated/α-hetero) is 1. The third-order valence-electron chi connectivity index (χ3n) is 2.84. The van der Waals surface area contributed by atoms with E-state index in [4.69, 9.17) is 5.73 Å². The average Bonchev–Trinajstić information content (AvgIpc) is 2.46. The number of carbonyl (C=O) groups excluding carboxylic acids is 1. The number of benzene rings is 2. The van der Waals surface area contributed by atoms with Gasteiger partial charge in [-0.2, -0.15) is 0 Å². The van der Waals surface area contributed by atoms with Gasteiger partial charge >= 0.3 is 0 Å². The molecule has 19 heavy (non-hydrogen) atoms. The number of aliphatic imine (C=N–C) groups is 1. The van der Waals surface area contributed by atoms with E-state index >= 15 is 0 Å². The molecule has 0 aromatic heterocycles. The minimum absolute atomic E-state index is 0.0318. The Morgan fingerprint density at radius 1 is 1.00 bits per heavy atom. The number of ketones is 1. The van der Waals surface area contributed by atoms with E-state index < -0.39 is 0 Å². The fourth-order valence-electron chi connectivity index (χ4n) is 1.69. The van der Waals surface area contributed by atoms with Crippen LogP contribution in [0.1, 0.15) is 21.5 Å². The van der Waals surface area contributed by atoms with E-state index in [0.717, 1.165) is 11.1 Å². The standard InChI is InChI=1S/C16H16N2O/c1-12-7-9-14(10-8-12)16(17)18-11-15(19)13-5-3-2-4-6-13/h2-10H,11H2,1H3,(H2,17,18). The van der Waals surface area contributed by atoms with Gasteiger partial charge in [0.2, 0.25) is 0 Å². The highest BCUT2D eigenvalue weighted by Crippen LogP contribution is 2.04. The molecule has 2 N–H and O–H groups in total. The number of nitrogens with zero attached hydrogens (tertiary/aromatic N) is 1. The van der Waals surface area contributed by atoms with Crippen molar-refractivity contribution in [2.75, 3.05) is 6.54 Å². The number of aryl methyl sites for hydroxylation is 1. The highest BCUT2D eigenvalue weighted by molar-refractivity contribution is 6.02. The Bertz CT molecular complexity index is 586. The molecular formula is C16H16N2O. The zero-order chi connectivity index (χ0) is 13.7.